The summed E-state index contributed by atoms with van der Waals surface area (Å²) in [5, 5.41) is 7.38. The van der Waals surface area contributed by atoms with Crippen molar-refractivity contribution in [3.63, 3.8) is 0 Å². The minimum absolute atomic E-state index is 0.596. The lowest BCUT2D eigenvalue weighted by Crippen LogP contribution is -2.25. The lowest BCUT2D eigenvalue weighted by Gasteiger charge is -2.04. The fraction of sp³-hybridized carbons (Fsp3) is 0.333. The van der Waals surface area contributed by atoms with Crippen LogP contribution in [0, 0.1) is 0 Å². The van der Waals surface area contributed by atoms with E-state index in [1.54, 1.807) is 6.07 Å². The molecule has 2 N–H and O–H groups in total. The van der Waals surface area contributed by atoms with Crippen molar-refractivity contribution in [3.05, 3.63) is 33.8 Å². The van der Waals surface area contributed by atoms with Gasteiger partial charge in [0.1, 0.15) is 0 Å². The van der Waals surface area contributed by atoms with Crippen LogP contribution < -0.4 is 10.6 Å². The molecule has 2 nitrogen and oxygen atoms in total. The first kappa shape index (κ1) is 10.8. The van der Waals surface area contributed by atoms with Gasteiger partial charge in [0.2, 0.25) is 0 Å². The monoisotopic (exact) mass is 218 g/mol. The van der Waals surface area contributed by atoms with Crippen LogP contribution in [0.3, 0.4) is 0 Å². The zero-order valence-electron chi connectivity index (χ0n) is 7.40. The summed E-state index contributed by atoms with van der Waals surface area (Å²) in [7, 11) is 1.89. The molecule has 0 spiro atoms. The van der Waals surface area contributed by atoms with Gasteiger partial charge < -0.3 is 10.6 Å². The highest BCUT2D eigenvalue weighted by molar-refractivity contribution is 6.41. The first-order valence-electron chi connectivity index (χ1n) is 4.03. The van der Waals surface area contributed by atoms with Crippen molar-refractivity contribution < 1.29 is 0 Å². The molecule has 0 bridgehead atoms. The Morgan fingerprint density at radius 3 is 2.62 bits per heavy atom. The molecular formula is C9H12Cl2N2. The van der Waals surface area contributed by atoms with E-state index in [0.717, 1.165) is 18.8 Å². The highest BCUT2D eigenvalue weighted by atomic mass is 35.5. The minimum Gasteiger partial charge on any atom is -0.308 e. The molecule has 0 unspecified atom stereocenters. The van der Waals surface area contributed by atoms with Gasteiger partial charge in [-0.05, 0) is 24.7 Å². The molecule has 13 heavy (non-hydrogen) atoms. The molecule has 0 amide bonds. The zero-order valence-corrected chi connectivity index (χ0v) is 8.91. The summed E-state index contributed by atoms with van der Waals surface area (Å²) in [5.74, 6) is 0. The number of benzene rings is 1. The van der Waals surface area contributed by atoms with Gasteiger partial charge in [0, 0.05) is 13.2 Å². The molecule has 0 aliphatic heterocycles. The summed E-state index contributed by atoms with van der Waals surface area (Å²) in [5.41, 5.74) is 1.13. The van der Waals surface area contributed by atoms with Crippen molar-refractivity contribution in [1.29, 1.82) is 0 Å². The molecule has 0 aromatic heterocycles. The summed E-state index contributed by atoms with van der Waals surface area (Å²) < 4.78 is 0. The molecule has 4 heteroatoms. The topological polar surface area (TPSA) is 24.1 Å². The summed E-state index contributed by atoms with van der Waals surface area (Å²) in [6.45, 7) is 1.57. The van der Waals surface area contributed by atoms with Gasteiger partial charge in [-0.3, -0.25) is 0 Å². The third-order valence-corrected chi connectivity index (χ3v) is 2.35. The molecular weight excluding hydrogens is 207 g/mol. The summed E-state index contributed by atoms with van der Waals surface area (Å²) in [4.78, 5) is 0. The van der Waals surface area contributed by atoms with Crippen molar-refractivity contribution in [1.82, 2.24) is 10.6 Å². The molecule has 0 aliphatic carbocycles. The molecule has 0 radical (unpaired) electrons. The molecule has 0 fully saturated rings. The largest absolute Gasteiger partial charge is 0.308 e. The van der Waals surface area contributed by atoms with Crippen LogP contribution in [0.15, 0.2) is 18.2 Å². The predicted octanol–water partition coefficient (Wildman–Crippen LogP) is 2.26. The van der Waals surface area contributed by atoms with Gasteiger partial charge in [-0.2, -0.15) is 0 Å². The van der Waals surface area contributed by atoms with Crippen LogP contribution in [-0.4, -0.2) is 13.7 Å². The van der Waals surface area contributed by atoms with E-state index in [2.05, 4.69) is 10.6 Å². The SMILES string of the molecule is CNCNCc1ccc(Cl)c(Cl)c1. The van der Waals surface area contributed by atoms with Gasteiger partial charge >= 0.3 is 0 Å². The van der Waals surface area contributed by atoms with Crippen LogP contribution in [0.4, 0.5) is 0 Å². The average molecular weight is 219 g/mol. The van der Waals surface area contributed by atoms with Crippen molar-refractivity contribution in [2.24, 2.45) is 0 Å². The molecule has 1 aromatic carbocycles. The Bertz CT molecular complexity index is 276. The van der Waals surface area contributed by atoms with E-state index in [0.29, 0.717) is 10.0 Å². The van der Waals surface area contributed by atoms with Crippen molar-refractivity contribution in [2.75, 3.05) is 13.7 Å². The highest BCUT2D eigenvalue weighted by Crippen LogP contribution is 2.22. The first-order chi connectivity index (χ1) is 6.24. The van der Waals surface area contributed by atoms with Crippen LogP contribution in [0.25, 0.3) is 0 Å². The summed E-state index contributed by atoms with van der Waals surface area (Å²) in [6.07, 6.45) is 0. The fourth-order valence-corrected chi connectivity index (χ4v) is 1.30. The molecule has 1 rings (SSSR count). The highest BCUT2D eigenvalue weighted by Gasteiger charge is 1.98. The van der Waals surface area contributed by atoms with E-state index in [9.17, 15) is 0 Å². The number of hydrogen-bond donors (Lipinski definition) is 2. The maximum atomic E-state index is 5.85. The van der Waals surface area contributed by atoms with Gasteiger partial charge in [-0.1, -0.05) is 29.3 Å². The Labute approximate surface area is 88.2 Å². The Kier molecular flexibility index (Phi) is 4.53. The second kappa shape index (κ2) is 5.45. The van der Waals surface area contributed by atoms with Gasteiger partial charge in [-0.25, -0.2) is 0 Å². The van der Waals surface area contributed by atoms with E-state index in [1.807, 2.05) is 19.2 Å². The van der Waals surface area contributed by atoms with Crippen LogP contribution in [0.1, 0.15) is 5.56 Å². The zero-order chi connectivity index (χ0) is 9.68. The Morgan fingerprint density at radius 2 is 2.00 bits per heavy atom. The maximum absolute atomic E-state index is 5.85. The summed E-state index contributed by atoms with van der Waals surface area (Å²) >= 11 is 11.6. The molecule has 0 atom stereocenters. The van der Waals surface area contributed by atoms with Gasteiger partial charge in [0.25, 0.3) is 0 Å². The third kappa shape index (κ3) is 3.53. The fourth-order valence-electron chi connectivity index (χ4n) is 0.981. The third-order valence-electron chi connectivity index (χ3n) is 1.61. The molecule has 0 aliphatic rings. The van der Waals surface area contributed by atoms with E-state index < -0.39 is 0 Å². The number of rotatable bonds is 4. The second-order valence-electron chi connectivity index (χ2n) is 2.71. The lowest BCUT2D eigenvalue weighted by molar-refractivity contribution is 0.632. The minimum atomic E-state index is 0.596. The quantitative estimate of drug-likeness (QED) is 0.599. The van der Waals surface area contributed by atoms with E-state index >= 15 is 0 Å². The van der Waals surface area contributed by atoms with Gasteiger partial charge in [-0.15, -0.1) is 0 Å². The predicted molar refractivity (Wildman–Crippen MR) is 57.2 cm³/mol. The molecule has 1 aromatic rings. The lowest BCUT2D eigenvalue weighted by atomic mass is 10.2. The molecule has 0 saturated carbocycles. The molecule has 0 saturated heterocycles. The Hall–Kier alpha value is -0.280. The maximum Gasteiger partial charge on any atom is 0.0595 e. The van der Waals surface area contributed by atoms with Crippen molar-refractivity contribution in [3.8, 4) is 0 Å². The normalized spacial score (nSPS) is 10.4. The van der Waals surface area contributed by atoms with Crippen LogP contribution in [-0.2, 0) is 6.54 Å². The van der Waals surface area contributed by atoms with Crippen molar-refractivity contribution >= 4 is 23.2 Å². The van der Waals surface area contributed by atoms with Gasteiger partial charge in [0.15, 0.2) is 0 Å². The number of halogens is 2. The summed E-state index contributed by atoms with van der Waals surface area (Å²) in [6, 6.07) is 5.63. The van der Waals surface area contributed by atoms with Crippen LogP contribution in [0.5, 0.6) is 0 Å². The van der Waals surface area contributed by atoms with Crippen LogP contribution >= 0.6 is 23.2 Å². The average Bonchev–Trinajstić information content (AvgIpc) is 2.12. The Morgan fingerprint density at radius 1 is 1.23 bits per heavy atom. The standard InChI is InChI=1S/C9H12Cl2N2/c1-12-6-13-5-7-2-3-8(10)9(11)4-7/h2-4,12-13H,5-6H2,1H3. The first-order valence-corrected chi connectivity index (χ1v) is 4.79. The number of nitrogens with one attached hydrogen (secondary N) is 2. The van der Waals surface area contributed by atoms with E-state index in [-0.39, 0.29) is 0 Å². The van der Waals surface area contributed by atoms with Crippen LogP contribution in [0.2, 0.25) is 10.0 Å². The smallest absolute Gasteiger partial charge is 0.0595 e. The Balaban J connectivity index is 2.53. The van der Waals surface area contributed by atoms with Gasteiger partial charge in [0.05, 0.1) is 10.0 Å². The number of hydrogen-bond acceptors (Lipinski definition) is 2. The van der Waals surface area contributed by atoms with E-state index in [1.165, 1.54) is 0 Å². The molecule has 72 valence electrons. The van der Waals surface area contributed by atoms with E-state index in [4.69, 9.17) is 23.2 Å². The second-order valence-corrected chi connectivity index (χ2v) is 3.52. The molecule has 0 heterocycles. The van der Waals surface area contributed by atoms with Crippen molar-refractivity contribution in [2.45, 2.75) is 6.54 Å².